The zero-order valence-corrected chi connectivity index (χ0v) is 18.8. The number of thioether (sulfide) groups is 1. The van der Waals surface area contributed by atoms with Crippen molar-refractivity contribution in [1.82, 2.24) is 10.2 Å². The van der Waals surface area contributed by atoms with Crippen LogP contribution < -0.4 is 10.1 Å². The van der Waals surface area contributed by atoms with Gasteiger partial charge in [-0.15, -0.1) is 0 Å². The van der Waals surface area contributed by atoms with Gasteiger partial charge in [0.15, 0.2) is 5.17 Å². The Bertz CT molecular complexity index is 984. The van der Waals surface area contributed by atoms with Crippen LogP contribution in [0.3, 0.4) is 0 Å². The molecular formula is C23H27N3O3S. The number of aliphatic imine (C=N–C) groups is 1. The number of ether oxygens (including phenoxy) is 1. The summed E-state index contributed by atoms with van der Waals surface area (Å²) in [7, 11) is 1.62. The summed E-state index contributed by atoms with van der Waals surface area (Å²) < 4.78 is 5.45. The Morgan fingerprint density at radius 1 is 1.20 bits per heavy atom. The Labute approximate surface area is 181 Å². The largest absolute Gasteiger partial charge is 0.494 e. The Kier molecular flexibility index (Phi) is 6.51. The topological polar surface area (TPSA) is 71.0 Å². The van der Waals surface area contributed by atoms with Gasteiger partial charge >= 0.3 is 0 Å². The Morgan fingerprint density at radius 2 is 1.90 bits per heavy atom. The first-order chi connectivity index (χ1) is 14.2. The lowest BCUT2D eigenvalue weighted by Gasteiger charge is -2.30. The van der Waals surface area contributed by atoms with E-state index in [2.05, 4.69) is 5.32 Å². The molecule has 6 nitrogen and oxygen atoms in total. The molecule has 2 amide bonds. The van der Waals surface area contributed by atoms with E-state index < -0.39 is 0 Å². The summed E-state index contributed by atoms with van der Waals surface area (Å²) in [6.07, 6.45) is 0. The van der Waals surface area contributed by atoms with Gasteiger partial charge in [0.1, 0.15) is 11.4 Å². The van der Waals surface area contributed by atoms with E-state index in [0.29, 0.717) is 28.7 Å². The molecule has 0 aliphatic carbocycles. The predicted molar refractivity (Wildman–Crippen MR) is 121 cm³/mol. The zero-order valence-electron chi connectivity index (χ0n) is 18.0. The van der Waals surface area contributed by atoms with Crippen LogP contribution in [0, 0.1) is 6.92 Å². The summed E-state index contributed by atoms with van der Waals surface area (Å²) in [5.74, 6) is 1.25. The Balaban J connectivity index is 1.90. The fourth-order valence-corrected chi connectivity index (χ4v) is 4.42. The van der Waals surface area contributed by atoms with Crippen molar-refractivity contribution in [3.63, 3.8) is 0 Å². The van der Waals surface area contributed by atoms with Gasteiger partial charge in [-0.05, 0) is 56.2 Å². The van der Waals surface area contributed by atoms with Gasteiger partial charge in [-0.2, -0.15) is 0 Å². The summed E-state index contributed by atoms with van der Waals surface area (Å²) in [6.45, 7) is 8.00. The normalized spacial score (nSPS) is 16.6. The van der Waals surface area contributed by atoms with Crippen LogP contribution in [0.25, 0.3) is 0 Å². The number of amides is 2. The molecule has 3 rings (SSSR count). The van der Waals surface area contributed by atoms with E-state index in [1.807, 2.05) is 51.1 Å². The SMILES string of the molecule is COc1ccc(C)cc1N=C1SCC(C)(C)N1C(=O)c1ccc(CNC(C)=O)cc1. The van der Waals surface area contributed by atoms with E-state index in [4.69, 9.17) is 9.73 Å². The molecule has 158 valence electrons. The molecular weight excluding hydrogens is 398 g/mol. The second kappa shape index (κ2) is 8.92. The van der Waals surface area contributed by atoms with Crippen molar-refractivity contribution in [2.24, 2.45) is 4.99 Å². The van der Waals surface area contributed by atoms with Crippen LogP contribution in [0.1, 0.15) is 42.3 Å². The monoisotopic (exact) mass is 425 g/mol. The lowest BCUT2D eigenvalue weighted by molar-refractivity contribution is -0.119. The number of aryl methyl sites for hydroxylation is 1. The van der Waals surface area contributed by atoms with Gasteiger partial charge in [-0.1, -0.05) is 30.0 Å². The molecule has 0 bridgehead atoms. The molecule has 1 fully saturated rings. The highest BCUT2D eigenvalue weighted by atomic mass is 32.2. The maximum Gasteiger partial charge on any atom is 0.260 e. The number of methoxy groups -OCH3 is 1. The molecule has 1 N–H and O–H groups in total. The van der Waals surface area contributed by atoms with Gasteiger partial charge < -0.3 is 10.1 Å². The summed E-state index contributed by atoms with van der Waals surface area (Å²) >= 11 is 1.57. The number of nitrogens with one attached hydrogen (secondary N) is 1. The quantitative estimate of drug-likeness (QED) is 0.776. The van der Waals surface area contributed by atoms with E-state index in [9.17, 15) is 9.59 Å². The van der Waals surface area contributed by atoms with E-state index in [1.54, 1.807) is 35.9 Å². The number of hydrogen-bond acceptors (Lipinski definition) is 5. The molecule has 0 saturated carbocycles. The van der Waals surface area contributed by atoms with E-state index in [1.165, 1.54) is 6.92 Å². The summed E-state index contributed by atoms with van der Waals surface area (Å²) in [5, 5.41) is 3.42. The molecule has 1 saturated heterocycles. The molecule has 0 spiro atoms. The Morgan fingerprint density at radius 3 is 2.53 bits per heavy atom. The third-order valence-electron chi connectivity index (χ3n) is 4.85. The fourth-order valence-electron chi connectivity index (χ4n) is 3.18. The highest BCUT2D eigenvalue weighted by Crippen LogP contribution is 2.37. The first kappa shape index (κ1) is 21.9. The summed E-state index contributed by atoms with van der Waals surface area (Å²) in [5.41, 5.74) is 2.94. The second-order valence-corrected chi connectivity index (χ2v) is 8.86. The van der Waals surface area contributed by atoms with Gasteiger partial charge in [-0.25, -0.2) is 4.99 Å². The lowest BCUT2D eigenvalue weighted by Crippen LogP contribution is -2.46. The van der Waals surface area contributed by atoms with Crippen LogP contribution in [0.4, 0.5) is 5.69 Å². The molecule has 2 aromatic carbocycles. The predicted octanol–water partition coefficient (Wildman–Crippen LogP) is 4.30. The van der Waals surface area contributed by atoms with Crippen molar-refractivity contribution in [3.05, 3.63) is 59.2 Å². The van der Waals surface area contributed by atoms with Crippen LogP contribution in [-0.4, -0.2) is 40.3 Å². The van der Waals surface area contributed by atoms with Crippen LogP contribution in [0.2, 0.25) is 0 Å². The van der Waals surface area contributed by atoms with Crippen molar-refractivity contribution in [2.75, 3.05) is 12.9 Å². The molecule has 30 heavy (non-hydrogen) atoms. The fraction of sp³-hybridized carbons (Fsp3) is 0.348. The van der Waals surface area contributed by atoms with Crippen molar-refractivity contribution in [1.29, 1.82) is 0 Å². The average Bonchev–Trinajstić information content (AvgIpc) is 3.00. The lowest BCUT2D eigenvalue weighted by atomic mass is 10.0. The summed E-state index contributed by atoms with van der Waals surface area (Å²) in [4.78, 5) is 31.0. The first-order valence-corrected chi connectivity index (χ1v) is 10.7. The third-order valence-corrected chi connectivity index (χ3v) is 6.23. The number of amidine groups is 1. The molecule has 0 aromatic heterocycles. The van der Waals surface area contributed by atoms with Crippen LogP contribution in [-0.2, 0) is 11.3 Å². The maximum atomic E-state index is 13.4. The van der Waals surface area contributed by atoms with Crippen LogP contribution in [0.5, 0.6) is 5.75 Å². The van der Waals surface area contributed by atoms with Gasteiger partial charge in [0, 0.05) is 24.8 Å². The van der Waals surface area contributed by atoms with Crippen molar-refractivity contribution in [3.8, 4) is 5.75 Å². The van der Waals surface area contributed by atoms with Crippen LogP contribution >= 0.6 is 11.8 Å². The number of carbonyl (C=O) groups excluding carboxylic acids is 2. The van der Waals surface area contributed by atoms with Gasteiger partial charge in [0.05, 0.1) is 12.6 Å². The van der Waals surface area contributed by atoms with Gasteiger partial charge in [0.25, 0.3) is 5.91 Å². The number of carbonyl (C=O) groups is 2. The molecule has 0 unspecified atom stereocenters. The highest BCUT2D eigenvalue weighted by Gasteiger charge is 2.41. The standard InChI is InChI=1S/C23H27N3O3S/c1-15-6-11-20(29-5)19(12-15)25-22-26(23(3,4)14-30-22)21(28)18-9-7-17(8-10-18)13-24-16(2)27/h6-12H,13-14H2,1-5H3,(H,24,27). The summed E-state index contributed by atoms with van der Waals surface area (Å²) in [6, 6.07) is 13.1. The number of rotatable bonds is 5. The zero-order chi connectivity index (χ0) is 21.9. The number of hydrogen-bond donors (Lipinski definition) is 1. The minimum Gasteiger partial charge on any atom is -0.494 e. The Hall–Kier alpha value is -2.80. The first-order valence-electron chi connectivity index (χ1n) is 9.75. The van der Waals surface area contributed by atoms with E-state index in [0.717, 1.165) is 16.9 Å². The number of benzene rings is 2. The van der Waals surface area contributed by atoms with Gasteiger partial charge in [0.2, 0.25) is 5.91 Å². The molecule has 2 aromatic rings. The molecule has 0 radical (unpaired) electrons. The van der Waals surface area contributed by atoms with E-state index in [-0.39, 0.29) is 17.4 Å². The molecule has 0 atom stereocenters. The second-order valence-electron chi connectivity index (χ2n) is 7.92. The minimum atomic E-state index is -0.369. The van der Waals surface area contributed by atoms with Crippen molar-refractivity contribution >= 4 is 34.4 Å². The average molecular weight is 426 g/mol. The van der Waals surface area contributed by atoms with Crippen LogP contribution in [0.15, 0.2) is 47.5 Å². The van der Waals surface area contributed by atoms with Crippen molar-refractivity contribution < 1.29 is 14.3 Å². The number of nitrogens with zero attached hydrogens (tertiary/aromatic N) is 2. The van der Waals surface area contributed by atoms with Gasteiger partial charge in [-0.3, -0.25) is 14.5 Å². The maximum absolute atomic E-state index is 13.4. The highest BCUT2D eigenvalue weighted by molar-refractivity contribution is 8.14. The molecule has 7 heteroatoms. The van der Waals surface area contributed by atoms with Crippen molar-refractivity contribution in [2.45, 2.75) is 39.8 Å². The minimum absolute atomic E-state index is 0.0848. The molecule has 1 heterocycles. The third kappa shape index (κ3) is 4.84. The molecule has 1 aliphatic rings. The smallest absolute Gasteiger partial charge is 0.260 e. The molecule has 1 aliphatic heterocycles. The van der Waals surface area contributed by atoms with E-state index >= 15 is 0 Å².